The highest BCUT2D eigenvalue weighted by Gasteiger charge is 2.17. The third-order valence-corrected chi connectivity index (χ3v) is 2.31. The Hall–Kier alpha value is -1.71. The quantitative estimate of drug-likeness (QED) is 0.711. The van der Waals surface area contributed by atoms with Gasteiger partial charge in [0.15, 0.2) is 0 Å². The van der Waals surface area contributed by atoms with Crippen molar-refractivity contribution in [2.75, 3.05) is 19.0 Å². The minimum atomic E-state index is -0.348. The monoisotopic (exact) mass is 207 g/mol. The summed E-state index contributed by atoms with van der Waals surface area (Å²) in [5.41, 5.74) is 1.42. The number of hydrogen-bond acceptors (Lipinski definition) is 4. The minimum absolute atomic E-state index is 0.116. The zero-order chi connectivity index (χ0) is 10.8. The molecule has 1 aromatic carbocycles. The molecule has 0 saturated carbocycles. The fraction of sp³-hybridized carbons (Fsp3) is 0.364. The third-order valence-electron chi connectivity index (χ3n) is 2.31. The fourth-order valence-electron chi connectivity index (χ4n) is 1.52. The Morgan fingerprint density at radius 2 is 2.40 bits per heavy atom. The predicted octanol–water partition coefficient (Wildman–Crippen LogP) is 1.67. The zero-order valence-corrected chi connectivity index (χ0v) is 8.74. The van der Waals surface area contributed by atoms with E-state index in [4.69, 9.17) is 4.74 Å². The Labute approximate surface area is 88.2 Å². The van der Waals surface area contributed by atoms with Crippen molar-refractivity contribution >= 4 is 11.7 Å². The van der Waals surface area contributed by atoms with Crippen molar-refractivity contribution in [3.8, 4) is 5.75 Å². The molecule has 1 unspecified atom stereocenters. The SMILES string of the molecule is COC(=O)c1ccc2c(c1)OC(C)CN2. The maximum atomic E-state index is 11.3. The molecule has 0 saturated heterocycles. The molecule has 0 amide bonds. The second-order valence-electron chi connectivity index (χ2n) is 3.51. The molecule has 1 aromatic rings. The summed E-state index contributed by atoms with van der Waals surface area (Å²) < 4.78 is 10.2. The van der Waals surface area contributed by atoms with Crippen molar-refractivity contribution < 1.29 is 14.3 Å². The van der Waals surface area contributed by atoms with Crippen LogP contribution in [-0.2, 0) is 4.74 Å². The Morgan fingerprint density at radius 3 is 3.13 bits per heavy atom. The molecule has 1 aliphatic rings. The molecule has 4 nitrogen and oxygen atoms in total. The lowest BCUT2D eigenvalue weighted by atomic mass is 10.1. The smallest absolute Gasteiger partial charge is 0.337 e. The van der Waals surface area contributed by atoms with Crippen LogP contribution in [-0.4, -0.2) is 25.7 Å². The highest BCUT2D eigenvalue weighted by molar-refractivity contribution is 5.90. The van der Waals surface area contributed by atoms with Crippen LogP contribution in [0.5, 0.6) is 5.75 Å². The molecule has 0 radical (unpaired) electrons. The van der Waals surface area contributed by atoms with Crippen molar-refractivity contribution in [2.45, 2.75) is 13.0 Å². The van der Waals surface area contributed by atoms with E-state index in [2.05, 4.69) is 10.1 Å². The summed E-state index contributed by atoms with van der Waals surface area (Å²) in [6, 6.07) is 5.24. The van der Waals surface area contributed by atoms with E-state index in [1.165, 1.54) is 7.11 Å². The van der Waals surface area contributed by atoms with Gasteiger partial charge in [0.1, 0.15) is 11.9 Å². The van der Waals surface area contributed by atoms with Crippen LogP contribution >= 0.6 is 0 Å². The Bertz CT molecular complexity index is 389. The summed E-state index contributed by atoms with van der Waals surface area (Å²) in [4.78, 5) is 11.3. The van der Waals surface area contributed by atoms with E-state index < -0.39 is 0 Å². The lowest BCUT2D eigenvalue weighted by Crippen LogP contribution is -2.27. The van der Waals surface area contributed by atoms with E-state index in [9.17, 15) is 4.79 Å². The number of nitrogens with one attached hydrogen (secondary N) is 1. The van der Waals surface area contributed by atoms with Crippen molar-refractivity contribution in [2.24, 2.45) is 0 Å². The van der Waals surface area contributed by atoms with Crippen LogP contribution in [0, 0.1) is 0 Å². The highest BCUT2D eigenvalue weighted by Crippen LogP contribution is 2.30. The van der Waals surface area contributed by atoms with Crippen molar-refractivity contribution in [3.63, 3.8) is 0 Å². The molecular formula is C11H13NO3. The molecule has 0 spiro atoms. The molecule has 0 bridgehead atoms. The Balaban J connectivity index is 2.32. The molecule has 1 N–H and O–H groups in total. The number of hydrogen-bond donors (Lipinski definition) is 1. The number of rotatable bonds is 1. The molecule has 0 aromatic heterocycles. The van der Waals surface area contributed by atoms with Gasteiger partial charge in [-0.15, -0.1) is 0 Å². The molecule has 1 atom stereocenters. The summed E-state index contributed by atoms with van der Waals surface area (Å²) in [6.07, 6.45) is 0.116. The number of fused-ring (bicyclic) bond motifs is 1. The lowest BCUT2D eigenvalue weighted by Gasteiger charge is -2.24. The average Bonchev–Trinajstić information content (AvgIpc) is 2.27. The first-order valence-electron chi connectivity index (χ1n) is 4.83. The number of methoxy groups -OCH3 is 1. The number of carbonyl (C=O) groups excluding carboxylic acids is 1. The maximum absolute atomic E-state index is 11.3. The average molecular weight is 207 g/mol. The second-order valence-corrected chi connectivity index (χ2v) is 3.51. The molecule has 15 heavy (non-hydrogen) atoms. The largest absolute Gasteiger partial charge is 0.487 e. The first-order chi connectivity index (χ1) is 7.20. The third kappa shape index (κ3) is 1.88. The van der Waals surface area contributed by atoms with Crippen LogP contribution in [0.3, 0.4) is 0 Å². The molecule has 0 aliphatic carbocycles. The summed E-state index contributed by atoms with van der Waals surface area (Å²) >= 11 is 0. The van der Waals surface area contributed by atoms with Gasteiger partial charge >= 0.3 is 5.97 Å². The van der Waals surface area contributed by atoms with Gasteiger partial charge in [-0.2, -0.15) is 0 Å². The van der Waals surface area contributed by atoms with Crippen LogP contribution in [0.25, 0.3) is 0 Å². The molecule has 80 valence electrons. The van der Waals surface area contributed by atoms with Gasteiger partial charge in [-0.1, -0.05) is 0 Å². The standard InChI is InChI=1S/C11H13NO3/c1-7-6-12-9-4-3-8(11(13)14-2)5-10(9)15-7/h3-5,7,12H,6H2,1-2H3. The van der Waals surface area contributed by atoms with E-state index >= 15 is 0 Å². The van der Waals surface area contributed by atoms with Crippen molar-refractivity contribution in [1.82, 2.24) is 0 Å². The summed E-state index contributed by atoms with van der Waals surface area (Å²) in [7, 11) is 1.36. The van der Waals surface area contributed by atoms with E-state index in [0.29, 0.717) is 11.3 Å². The van der Waals surface area contributed by atoms with Crippen molar-refractivity contribution in [3.05, 3.63) is 23.8 Å². The van der Waals surface area contributed by atoms with Crippen molar-refractivity contribution in [1.29, 1.82) is 0 Å². The van der Waals surface area contributed by atoms with Gasteiger partial charge in [-0.05, 0) is 25.1 Å². The number of anilines is 1. The Kier molecular flexibility index (Phi) is 2.49. The van der Waals surface area contributed by atoms with Gasteiger partial charge in [-0.25, -0.2) is 4.79 Å². The topological polar surface area (TPSA) is 47.6 Å². The second kappa shape index (κ2) is 3.81. The van der Waals surface area contributed by atoms with Crippen LogP contribution in [0.1, 0.15) is 17.3 Å². The number of benzene rings is 1. The normalized spacial score (nSPS) is 18.4. The summed E-state index contributed by atoms with van der Waals surface area (Å²) in [5, 5.41) is 3.22. The van der Waals surface area contributed by atoms with E-state index in [1.54, 1.807) is 12.1 Å². The number of carbonyl (C=O) groups is 1. The molecule has 1 aliphatic heterocycles. The number of esters is 1. The molecule has 4 heteroatoms. The minimum Gasteiger partial charge on any atom is -0.487 e. The van der Waals surface area contributed by atoms with Gasteiger partial charge in [0, 0.05) is 0 Å². The van der Waals surface area contributed by atoms with Crippen LogP contribution < -0.4 is 10.1 Å². The maximum Gasteiger partial charge on any atom is 0.337 e. The molecule has 2 rings (SSSR count). The van der Waals surface area contributed by atoms with Gasteiger partial charge in [0.25, 0.3) is 0 Å². The van der Waals surface area contributed by atoms with Gasteiger partial charge in [0.05, 0.1) is 24.9 Å². The Morgan fingerprint density at radius 1 is 1.60 bits per heavy atom. The zero-order valence-electron chi connectivity index (χ0n) is 8.74. The molecular weight excluding hydrogens is 194 g/mol. The van der Waals surface area contributed by atoms with Crippen LogP contribution in [0.2, 0.25) is 0 Å². The molecule has 0 fully saturated rings. The fourth-order valence-corrected chi connectivity index (χ4v) is 1.52. The summed E-state index contributed by atoms with van der Waals surface area (Å²) in [5.74, 6) is 0.358. The van der Waals surface area contributed by atoms with Gasteiger partial charge in [-0.3, -0.25) is 0 Å². The highest BCUT2D eigenvalue weighted by atomic mass is 16.5. The summed E-state index contributed by atoms with van der Waals surface area (Å²) in [6.45, 7) is 2.76. The first kappa shape index (κ1) is 9.83. The number of ether oxygens (including phenoxy) is 2. The lowest BCUT2D eigenvalue weighted by molar-refractivity contribution is 0.0600. The molecule has 1 heterocycles. The van der Waals surface area contributed by atoms with E-state index in [1.807, 2.05) is 13.0 Å². The predicted molar refractivity (Wildman–Crippen MR) is 56.4 cm³/mol. The van der Waals surface area contributed by atoms with Crippen LogP contribution in [0.15, 0.2) is 18.2 Å². The van der Waals surface area contributed by atoms with E-state index in [-0.39, 0.29) is 12.1 Å². The van der Waals surface area contributed by atoms with Gasteiger partial charge in [0.2, 0.25) is 0 Å². The first-order valence-corrected chi connectivity index (χ1v) is 4.83. The van der Waals surface area contributed by atoms with Crippen LogP contribution in [0.4, 0.5) is 5.69 Å². The van der Waals surface area contributed by atoms with E-state index in [0.717, 1.165) is 12.2 Å². The van der Waals surface area contributed by atoms with Gasteiger partial charge < -0.3 is 14.8 Å².